The minimum absolute atomic E-state index is 0.0406. The van der Waals surface area contributed by atoms with Gasteiger partial charge in [0.15, 0.2) is 5.69 Å². The molecular formula is C24H26N4O2S. The van der Waals surface area contributed by atoms with Crippen molar-refractivity contribution in [2.45, 2.75) is 17.6 Å². The number of nitrogens with zero attached hydrogens (tertiary/aromatic N) is 4. The number of carbonyl (C=O) groups excluding carboxylic acids is 1. The fourth-order valence-electron chi connectivity index (χ4n) is 4.44. The molecule has 1 amide bonds. The standard InChI is InChI=1S/C24H26N4O2S/c1-16-7-8-21-19(13-16)23-20(15-31-21)22(25-26(23)2)24(29)28-11-9-27(10-12-28)17-5-4-6-18(14-17)30-3/h4-8,13-14H,9-12,15H2,1-3H3. The van der Waals surface area contributed by atoms with Gasteiger partial charge in [0.25, 0.3) is 5.91 Å². The van der Waals surface area contributed by atoms with Crippen LogP contribution in [-0.4, -0.2) is 53.9 Å². The Morgan fingerprint density at radius 1 is 1.10 bits per heavy atom. The van der Waals surface area contributed by atoms with Gasteiger partial charge >= 0.3 is 0 Å². The van der Waals surface area contributed by atoms with E-state index < -0.39 is 0 Å². The first-order valence-electron chi connectivity index (χ1n) is 10.5. The summed E-state index contributed by atoms with van der Waals surface area (Å²) in [5.41, 5.74) is 6.27. The minimum atomic E-state index is 0.0406. The monoisotopic (exact) mass is 434 g/mol. The summed E-state index contributed by atoms with van der Waals surface area (Å²) in [7, 11) is 3.62. The first kappa shape index (κ1) is 20.0. The fraction of sp³-hybridized carbons (Fsp3) is 0.333. The van der Waals surface area contributed by atoms with Gasteiger partial charge in [-0.05, 0) is 31.2 Å². The molecule has 160 valence electrons. The number of thioether (sulfide) groups is 1. The minimum Gasteiger partial charge on any atom is -0.497 e. The predicted molar refractivity (Wildman–Crippen MR) is 124 cm³/mol. The molecular weight excluding hydrogens is 408 g/mol. The number of aromatic nitrogens is 2. The molecule has 1 saturated heterocycles. The lowest BCUT2D eigenvalue weighted by Crippen LogP contribution is -2.49. The van der Waals surface area contributed by atoms with Crippen molar-refractivity contribution in [1.29, 1.82) is 0 Å². The molecule has 3 aromatic rings. The quantitative estimate of drug-likeness (QED) is 0.624. The highest BCUT2D eigenvalue weighted by Crippen LogP contribution is 2.43. The van der Waals surface area contributed by atoms with Crippen LogP contribution in [0.4, 0.5) is 5.69 Å². The number of piperazine rings is 1. The fourth-order valence-corrected chi connectivity index (χ4v) is 5.49. The second-order valence-corrected chi connectivity index (χ2v) is 9.09. The summed E-state index contributed by atoms with van der Waals surface area (Å²) in [6.45, 7) is 5.06. The Kier molecular flexibility index (Phi) is 5.14. The smallest absolute Gasteiger partial charge is 0.274 e. The number of ether oxygens (including phenoxy) is 1. The second-order valence-electron chi connectivity index (χ2n) is 8.07. The van der Waals surface area contributed by atoms with Crippen LogP contribution in [0.5, 0.6) is 5.75 Å². The van der Waals surface area contributed by atoms with Crippen LogP contribution in [0.3, 0.4) is 0 Å². The number of amides is 1. The molecule has 2 aliphatic heterocycles. The molecule has 0 atom stereocenters. The molecule has 2 aromatic carbocycles. The summed E-state index contributed by atoms with van der Waals surface area (Å²) in [5.74, 6) is 1.67. The van der Waals surface area contributed by atoms with E-state index in [-0.39, 0.29) is 5.91 Å². The number of anilines is 1. The van der Waals surface area contributed by atoms with Crippen molar-refractivity contribution in [1.82, 2.24) is 14.7 Å². The van der Waals surface area contributed by atoms with E-state index in [1.807, 2.05) is 34.8 Å². The highest BCUT2D eigenvalue weighted by molar-refractivity contribution is 7.98. The molecule has 0 aliphatic carbocycles. The third-order valence-electron chi connectivity index (χ3n) is 6.10. The molecule has 0 N–H and O–H groups in total. The molecule has 0 spiro atoms. The van der Waals surface area contributed by atoms with Crippen LogP contribution in [0.15, 0.2) is 47.4 Å². The van der Waals surface area contributed by atoms with Crippen LogP contribution in [-0.2, 0) is 12.8 Å². The Morgan fingerprint density at radius 2 is 1.90 bits per heavy atom. The predicted octanol–water partition coefficient (Wildman–Crippen LogP) is 3.97. The molecule has 0 bridgehead atoms. The normalized spacial score (nSPS) is 15.5. The van der Waals surface area contributed by atoms with Crippen molar-refractivity contribution in [2.24, 2.45) is 7.05 Å². The van der Waals surface area contributed by atoms with E-state index in [1.165, 1.54) is 16.0 Å². The molecule has 2 aliphatic rings. The summed E-state index contributed by atoms with van der Waals surface area (Å²) in [6, 6.07) is 14.6. The topological polar surface area (TPSA) is 50.6 Å². The zero-order valence-corrected chi connectivity index (χ0v) is 18.9. The van der Waals surface area contributed by atoms with Crippen molar-refractivity contribution in [2.75, 3.05) is 38.2 Å². The van der Waals surface area contributed by atoms with Crippen LogP contribution in [0.2, 0.25) is 0 Å². The number of hydrogen-bond donors (Lipinski definition) is 0. The van der Waals surface area contributed by atoms with Gasteiger partial charge < -0.3 is 14.5 Å². The van der Waals surface area contributed by atoms with E-state index in [0.717, 1.165) is 41.5 Å². The van der Waals surface area contributed by atoms with Crippen molar-refractivity contribution in [3.8, 4) is 17.0 Å². The second kappa shape index (κ2) is 7.96. The zero-order valence-electron chi connectivity index (χ0n) is 18.1. The molecule has 1 aromatic heterocycles. The Balaban J connectivity index is 1.36. The SMILES string of the molecule is COc1cccc(N2CCN(C(=O)c3nn(C)c4c3CSc3ccc(C)cc3-4)CC2)c1. The maximum absolute atomic E-state index is 13.4. The Labute approximate surface area is 186 Å². The molecule has 1 fully saturated rings. The van der Waals surface area contributed by atoms with Gasteiger partial charge in [0.05, 0.1) is 12.8 Å². The summed E-state index contributed by atoms with van der Waals surface area (Å²) in [4.78, 5) is 18.9. The number of aryl methyl sites for hydroxylation is 2. The van der Waals surface area contributed by atoms with Gasteiger partial charge in [-0.15, -0.1) is 11.8 Å². The van der Waals surface area contributed by atoms with Crippen molar-refractivity contribution in [3.05, 3.63) is 59.3 Å². The first-order valence-corrected chi connectivity index (χ1v) is 11.5. The van der Waals surface area contributed by atoms with Gasteiger partial charge in [-0.3, -0.25) is 9.48 Å². The van der Waals surface area contributed by atoms with Gasteiger partial charge in [-0.1, -0.05) is 17.7 Å². The summed E-state index contributed by atoms with van der Waals surface area (Å²) in [6.07, 6.45) is 0. The molecule has 6 nitrogen and oxygen atoms in total. The van der Waals surface area contributed by atoms with Crippen LogP contribution in [0, 0.1) is 6.92 Å². The number of methoxy groups -OCH3 is 1. The lowest BCUT2D eigenvalue weighted by Gasteiger charge is -2.36. The van der Waals surface area contributed by atoms with Gasteiger partial charge in [0.2, 0.25) is 0 Å². The van der Waals surface area contributed by atoms with Crippen LogP contribution < -0.4 is 9.64 Å². The van der Waals surface area contributed by atoms with E-state index in [4.69, 9.17) is 4.74 Å². The zero-order chi connectivity index (χ0) is 21.5. The Hall–Kier alpha value is -2.93. The number of fused-ring (bicyclic) bond motifs is 3. The van der Waals surface area contributed by atoms with Crippen molar-refractivity contribution >= 4 is 23.4 Å². The lowest BCUT2D eigenvalue weighted by atomic mass is 10.0. The maximum atomic E-state index is 13.4. The van der Waals surface area contributed by atoms with Crippen molar-refractivity contribution in [3.63, 3.8) is 0 Å². The number of carbonyl (C=O) groups is 1. The average molecular weight is 435 g/mol. The van der Waals surface area contributed by atoms with Gasteiger partial charge in [-0.25, -0.2) is 0 Å². The van der Waals surface area contributed by atoms with Gasteiger partial charge in [-0.2, -0.15) is 5.10 Å². The molecule has 0 radical (unpaired) electrons. The van der Waals surface area contributed by atoms with E-state index >= 15 is 0 Å². The van der Waals surface area contributed by atoms with E-state index in [2.05, 4.69) is 41.2 Å². The molecule has 31 heavy (non-hydrogen) atoms. The summed E-state index contributed by atoms with van der Waals surface area (Å²) >= 11 is 1.79. The highest BCUT2D eigenvalue weighted by Gasteiger charge is 2.31. The Bertz CT molecular complexity index is 1150. The Morgan fingerprint density at radius 3 is 2.68 bits per heavy atom. The number of benzene rings is 2. The lowest BCUT2D eigenvalue weighted by molar-refractivity contribution is 0.0739. The van der Waals surface area contributed by atoms with Gasteiger partial charge in [0.1, 0.15) is 5.75 Å². The highest BCUT2D eigenvalue weighted by atomic mass is 32.2. The van der Waals surface area contributed by atoms with E-state index in [0.29, 0.717) is 18.8 Å². The summed E-state index contributed by atoms with van der Waals surface area (Å²) < 4.78 is 7.23. The average Bonchev–Trinajstić information content (AvgIpc) is 3.15. The third kappa shape index (κ3) is 3.57. The van der Waals surface area contributed by atoms with E-state index in [9.17, 15) is 4.79 Å². The molecule has 7 heteroatoms. The summed E-state index contributed by atoms with van der Waals surface area (Å²) in [5, 5.41) is 4.68. The molecule has 0 saturated carbocycles. The largest absolute Gasteiger partial charge is 0.497 e. The first-order chi connectivity index (χ1) is 15.0. The molecule has 3 heterocycles. The molecule has 0 unspecified atom stereocenters. The molecule has 5 rings (SSSR count). The van der Waals surface area contributed by atoms with Crippen LogP contribution in [0.1, 0.15) is 21.6 Å². The third-order valence-corrected chi connectivity index (χ3v) is 7.20. The number of rotatable bonds is 3. The van der Waals surface area contributed by atoms with Crippen LogP contribution >= 0.6 is 11.8 Å². The number of hydrogen-bond acceptors (Lipinski definition) is 5. The van der Waals surface area contributed by atoms with Crippen molar-refractivity contribution < 1.29 is 9.53 Å². The van der Waals surface area contributed by atoms with E-state index in [1.54, 1.807) is 18.9 Å². The van der Waals surface area contributed by atoms with Crippen LogP contribution in [0.25, 0.3) is 11.3 Å². The van der Waals surface area contributed by atoms with Gasteiger partial charge in [0, 0.05) is 66.8 Å². The maximum Gasteiger partial charge on any atom is 0.274 e.